The van der Waals surface area contributed by atoms with E-state index in [-0.39, 0.29) is 12.5 Å². The van der Waals surface area contributed by atoms with Crippen LogP contribution in [-0.2, 0) is 16.0 Å². The molecule has 1 atom stereocenters. The number of rotatable bonds is 9. The van der Waals surface area contributed by atoms with Gasteiger partial charge in [0.1, 0.15) is 0 Å². The summed E-state index contributed by atoms with van der Waals surface area (Å²) in [6, 6.07) is 14.3. The molecule has 2 rings (SSSR count). The molecule has 1 amide bonds. The smallest absolute Gasteiger partial charge is 0.306 e. The van der Waals surface area contributed by atoms with E-state index in [2.05, 4.69) is 5.32 Å². The zero-order chi connectivity index (χ0) is 18.9. The lowest BCUT2D eigenvalue weighted by atomic mass is 10.0. The quantitative estimate of drug-likeness (QED) is 0.719. The third kappa shape index (κ3) is 5.81. The monoisotopic (exact) mass is 357 g/mol. The molecule has 0 bridgehead atoms. The summed E-state index contributed by atoms with van der Waals surface area (Å²) in [6.07, 6.45) is 0.445. The van der Waals surface area contributed by atoms with Gasteiger partial charge in [0.25, 0.3) is 5.91 Å². The number of nitrogens with one attached hydrogen (secondary N) is 1. The molecule has 0 aliphatic rings. The van der Waals surface area contributed by atoms with Crippen molar-refractivity contribution in [1.82, 2.24) is 0 Å². The number of para-hydroxylation sites is 2. The van der Waals surface area contributed by atoms with Gasteiger partial charge < -0.3 is 19.9 Å². The van der Waals surface area contributed by atoms with E-state index in [1.165, 1.54) is 0 Å². The predicted molar refractivity (Wildman–Crippen MR) is 98.7 cm³/mol. The van der Waals surface area contributed by atoms with Crippen molar-refractivity contribution >= 4 is 17.6 Å². The largest absolute Gasteiger partial charge is 0.490 e. The molecule has 138 valence electrons. The molecule has 2 aromatic carbocycles. The van der Waals surface area contributed by atoms with E-state index in [9.17, 15) is 9.59 Å². The first-order chi connectivity index (χ1) is 12.5. The van der Waals surface area contributed by atoms with E-state index < -0.39 is 11.9 Å². The van der Waals surface area contributed by atoms with Crippen LogP contribution in [0.4, 0.5) is 5.69 Å². The van der Waals surface area contributed by atoms with Crippen LogP contribution in [0.2, 0.25) is 0 Å². The molecule has 0 saturated carbocycles. The van der Waals surface area contributed by atoms with Crippen molar-refractivity contribution in [3.63, 3.8) is 0 Å². The lowest BCUT2D eigenvalue weighted by Gasteiger charge is -2.12. The minimum atomic E-state index is -0.827. The van der Waals surface area contributed by atoms with Crippen LogP contribution in [0, 0.1) is 5.92 Å². The zero-order valence-electron chi connectivity index (χ0n) is 14.9. The molecule has 2 aromatic rings. The van der Waals surface area contributed by atoms with Crippen molar-refractivity contribution in [2.75, 3.05) is 18.5 Å². The minimum absolute atomic E-state index is 0.137. The van der Waals surface area contributed by atoms with Gasteiger partial charge in [-0.15, -0.1) is 0 Å². The number of hydrogen-bond acceptors (Lipinski definition) is 4. The third-order valence-corrected chi connectivity index (χ3v) is 3.71. The average molecular weight is 357 g/mol. The van der Waals surface area contributed by atoms with Gasteiger partial charge >= 0.3 is 5.97 Å². The van der Waals surface area contributed by atoms with Crippen LogP contribution in [0.1, 0.15) is 19.4 Å². The first kappa shape index (κ1) is 19.3. The summed E-state index contributed by atoms with van der Waals surface area (Å²) >= 11 is 0. The maximum atomic E-state index is 12.1. The van der Waals surface area contributed by atoms with Gasteiger partial charge in [0.2, 0.25) is 0 Å². The molecule has 26 heavy (non-hydrogen) atoms. The average Bonchev–Trinajstić information content (AvgIpc) is 2.63. The number of hydrogen-bond donors (Lipinski definition) is 2. The Bertz CT molecular complexity index is 742. The fraction of sp³-hybridized carbons (Fsp3) is 0.300. The number of carbonyl (C=O) groups excluding carboxylic acids is 1. The SMILES string of the molecule is CCOc1ccccc1OCC(=O)Nc1ccc(CC(C)C(=O)O)cc1. The summed E-state index contributed by atoms with van der Waals surface area (Å²) in [4.78, 5) is 22.9. The molecule has 0 aliphatic carbocycles. The highest BCUT2D eigenvalue weighted by atomic mass is 16.5. The number of benzene rings is 2. The number of amides is 1. The van der Waals surface area contributed by atoms with E-state index in [0.29, 0.717) is 30.2 Å². The Labute approximate surface area is 152 Å². The Morgan fingerprint density at radius 1 is 1.04 bits per heavy atom. The normalized spacial score (nSPS) is 11.5. The van der Waals surface area contributed by atoms with E-state index >= 15 is 0 Å². The lowest BCUT2D eigenvalue weighted by molar-refractivity contribution is -0.141. The molecule has 0 spiro atoms. The standard InChI is InChI=1S/C20H23NO5/c1-3-25-17-6-4-5-7-18(17)26-13-19(22)21-16-10-8-15(9-11-16)12-14(2)20(23)24/h4-11,14H,3,12-13H2,1-2H3,(H,21,22)(H,23,24). The number of aliphatic carboxylic acids is 1. The Morgan fingerprint density at radius 3 is 2.23 bits per heavy atom. The molecular weight excluding hydrogens is 334 g/mol. The van der Waals surface area contributed by atoms with E-state index in [4.69, 9.17) is 14.6 Å². The topological polar surface area (TPSA) is 84.9 Å². The molecule has 0 saturated heterocycles. The molecular formula is C20H23NO5. The van der Waals surface area contributed by atoms with Gasteiger partial charge in [-0.2, -0.15) is 0 Å². The molecule has 6 nitrogen and oxygen atoms in total. The summed E-state index contributed by atoms with van der Waals surface area (Å²) < 4.78 is 11.0. The number of carbonyl (C=O) groups is 2. The highest BCUT2D eigenvalue weighted by Crippen LogP contribution is 2.26. The van der Waals surface area contributed by atoms with Crippen LogP contribution in [0.15, 0.2) is 48.5 Å². The molecule has 2 N–H and O–H groups in total. The van der Waals surface area contributed by atoms with Crippen molar-refractivity contribution in [1.29, 1.82) is 0 Å². The summed E-state index contributed by atoms with van der Waals surface area (Å²) in [5.74, 6) is -0.453. The molecule has 0 aromatic heterocycles. The molecule has 6 heteroatoms. The second-order valence-corrected chi connectivity index (χ2v) is 5.86. The number of carboxylic acid groups (broad SMARTS) is 1. The number of ether oxygens (including phenoxy) is 2. The predicted octanol–water partition coefficient (Wildman–Crippen LogP) is 3.37. The Hall–Kier alpha value is -3.02. The van der Waals surface area contributed by atoms with Crippen LogP contribution in [-0.4, -0.2) is 30.2 Å². The van der Waals surface area contributed by atoms with Gasteiger partial charge in [0.05, 0.1) is 12.5 Å². The van der Waals surface area contributed by atoms with Crippen LogP contribution in [0.25, 0.3) is 0 Å². The van der Waals surface area contributed by atoms with E-state index in [1.54, 1.807) is 43.3 Å². The Balaban J connectivity index is 1.87. The third-order valence-electron chi connectivity index (χ3n) is 3.71. The molecule has 0 fully saturated rings. The van der Waals surface area contributed by atoms with Gasteiger partial charge in [-0.3, -0.25) is 9.59 Å². The summed E-state index contributed by atoms with van der Waals surface area (Å²) in [5, 5.41) is 11.7. The van der Waals surface area contributed by atoms with Crippen molar-refractivity contribution in [3.05, 3.63) is 54.1 Å². The van der Waals surface area contributed by atoms with Crippen LogP contribution in [0.5, 0.6) is 11.5 Å². The first-order valence-electron chi connectivity index (χ1n) is 8.45. The molecule has 0 radical (unpaired) electrons. The summed E-state index contributed by atoms with van der Waals surface area (Å²) in [5.41, 5.74) is 1.53. The van der Waals surface area contributed by atoms with E-state index in [0.717, 1.165) is 5.56 Å². The minimum Gasteiger partial charge on any atom is -0.490 e. The van der Waals surface area contributed by atoms with Crippen molar-refractivity contribution < 1.29 is 24.2 Å². The van der Waals surface area contributed by atoms with Gasteiger partial charge in [-0.25, -0.2) is 0 Å². The lowest BCUT2D eigenvalue weighted by Crippen LogP contribution is -2.20. The molecule has 1 unspecified atom stereocenters. The number of anilines is 1. The van der Waals surface area contributed by atoms with Crippen LogP contribution < -0.4 is 14.8 Å². The Morgan fingerprint density at radius 2 is 1.65 bits per heavy atom. The zero-order valence-corrected chi connectivity index (χ0v) is 14.9. The fourth-order valence-electron chi connectivity index (χ4n) is 2.35. The van der Waals surface area contributed by atoms with Gasteiger partial charge in [0, 0.05) is 5.69 Å². The second kappa shape index (κ2) is 9.46. The van der Waals surface area contributed by atoms with Crippen LogP contribution in [0.3, 0.4) is 0 Å². The maximum Gasteiger partial charge on any atom is 0.306 e. The van der Waals surface area contributed by atoms with Gasteiger partial charge in [-0.1, -0.05) is 31.2 Å². The number of carboxylic acids is 1. The fourth-order valence-corrected chi connectivity index (χ4v) is 2.35. The summed E-state index contributed by atoms with van der Waals surface area (Å²) in [6.45, 7) is 3.92. The Kier molecular flexibility index (Phi) is 7.02. The van der Waals surface area contributed by atoms with Crippen molar-refractivity contribution in [2.45, 2.75) is 20.3 Å². The maximum absolute atomic E-state index is 12.1. The molecule has 0 heterocycles. The van der Waals surface area contributed by atoms with Crippen molar-refractivity contribution in [2.24, 2.45) is 5.92 Å². The summed E-state index contributed by atoms with van der Waals surface area (Å²) in [7, 11) is 0. The first-order valence-corrected chi connectivity index (χ1v) is 8.45. The van der Waals surface area contributed by atoms with Crippen molar-refractivity contribution in [3.8, 4) is 11.5 Å². The van der Waals surface area contributed by atoms with Gasteiger partial charge in [0.15, 0.2) is 18.1 Å². The van der Waals surface area contributed by atoms with E-state index in [1.807, 2.05) is 19.1 Å². The van der Waals surface area contributed by atoms with Crippen LogP contribution >= 0.6 is 0 Å². The molecule has 0 aliphatic heterocycles. The second-order valence-electron chi connectivity index (χ2n) is 5.86. The van der Waals surface area contributed by atoms with Gasteiger partial charge in [-0.05, 0) is 43.2 Å². The highest BCUT2D eigenvalue weighted by molar-refractivity contribution is 5.91. The highest BCUT2D eigenvalue weighted by Gasteiger charge is 2.12.